The van der Waals surface area contributed by atoms with E-state index in [9.17, 15) is 9.59 Å². The molecule has 2 atom stereocenters. The van der Waals surface area contributed by atoms with Gasteiger partial charge in [0.1, 0.15) is 0 Å². The molecule has 0 saturated carbocycles. The Morgan fingerprint density at radius 2 is 2.36 bits per heavy atom. The number of hydrogen-bond donors (Lipinski definition) is 1. The van der Waals surface area contributed by atoms with E-state index in [0.29, 0.717) is 19.7 Å². The van der Waals surface area contributed by atoms with Gasteiger partial charge in [-0.15, -0.1) is 11.3 Å². The summed E-state index contributed by atoms with van der Waals surface area (Å²) in [6.45, 7) is 6.02. The second kappa shape index (κ2) is 8.29. The molecule has 1 aliphatic heterocycles. The van der Waals surface area contributed by atoms with E-state index in [-0.39, 0.29) is 23.8 Å². The minimum Gasteiger partial charge on any atom is -0.466 e. The molecule has 1 aromatic rings. The van der Waals surface area contributed by atoms with Gasteiger partial charge >= 0.3 is 5.97 Å². The zero-order valence-electron chi connectivity index (χ0n) is 13.2. The van der Waals surface area contributed by atoms with E-state index in [2.05, 4.69) is 5.32 Å². The molecule has 1 fully saturated rings. The van der Waals surface area contributed by atoms with Crippen molar-refractivity contribution in [2.45, 2.75) is 32.7 Å². The third-order valence-electron chi connectivity index (χ3n) is 3.84. The van der Waals surface area contributed by atoms with E-state index < -0.39 is 0 Å². The van der Waals surface area contributed by atoms with Gasteiger partial charge in [-0.1, -0.05) is 6.07 Å². The molecule has 1 amide bonds. The van der Waals surface area contributed by atoms with Gasteiger partial charge in [-0.3, -0.25) is 14.5 Å². The van der Waals surface area contributed by atoms with Gasteiger partial charge in [0.05, 0.1) is 25.1 Å². The molecule has 0 aliphatic carbocycles. The van der Waals surface area contributed by atoms with Crippen LogP contribution in [0, 0.1) is 5.92 Å². The van der Waals surface area contributed by atoms with Crippen LogP contribution in [0.2, 0.25) is 0 Å². The van der Waals surface area contributed by atoms with E-state index in [1.54, 1.807) is 11.3 Å². The van der Waals surface area contributed by atoms with Crippen LogP contribution in [0.15, 0.2) is 17.5 Å². The van der Waals surface area contributed by atoms with Crippen LogP contribution in [-0.2, 0) is 14.3 Å². The molecule has 0 radical (unpaired) electrons. The minimum absolute atomic E-state index is 0.00501. The zero-order valence-corrected chi connectivity index (χ0v) is 14.0. The summed E-state index contributed by atoms with van der Waals surface area (Å²) in [6, 6.07) is 4.03. The van der Waals surface area contributed by atoms with E-state index >= 15 is 0 Å². The maximum absolute atomic E-state index is 12.2. The molecular weight excluding hydrogens is 300 g/mol. The quantitative estimate of drug-likeness (QED) is 0.815. The number of likely N-dealkylation sites (tertiary alicyclic amines) is 1. The van der Waals surface area contributed by atoms with E-state index in [4.69, 9.17) is 4.74 Å². The lowest BCUT2D eigenvalue weighted by Gasteiger charge is -2.31. The fourth-order valence-corrected chi connectivity index (χ4v) is 3.49. The molecular formula is C16H24N2O3S. The van der Waals surface area contributed by atoms with Crippen molar-refractivity contribution in [2.24, 2.45) is 5.92 Å². The van der Waals surface area contributed by atoms with Crippen LogP contribution >= 0.6 is 11.3 Å². The summed E-state index contributed by atoms with van der Waals surface area (Å²) in [6.07, 6.45) is 1.78. The molecule has 122 valence electrons. The molecule has 2 heterocycles. The summed E-state index contributed by atoms with van der Waals surface area (Å²) in [4.78, 5) is 27.2. The summed E-state index contributed by atoms with van der Waals surface area (Å²) in [5, 5.41) is 5.02. The molecule has 0 unspecified atom stereocenters. The third-order valence-corrected chi connectivity index (χ3v) is 4.90. The number of piperidine rings is 1. The van der Waals surface area contributed by atoms with E-state index in [1.165, 1.54) is 0 Å². The number of rotatable bonds is 6. The van der Waals surface area contributed by atoms with E-state index in [0.717, 1.165) is 24.3 Å². The Balaban J connectivity index is 1.79. The van der Waals surface area contributed by atoms with Gasteiger partial charge in [0.2, 0.25) is 5.91 Å². The molecule has 2 rings (SSSR count). The van der Waals surface area contributed by atoms with E-state index in [1.807, 2.05) is 36.3 Å². The number of amides is 1. The van der Waals surface area contributed by atoms with Crippen LogP contribution in [0.3, 0.4) is 0 Å². The van der Waals surface area contributed by atoms with Crippen molar-refractivity contribution in [2.75, 3.05) is 26.2 Å². The van der Waals surface area contributed by atoms with Gasteiger partial charge in [-0.2, -0.15) is 0 Å². The first-order valence-corrected chi connectivity index (χ1v) is 8.70. The fourth-order valence-electron chi connectivity index (χ4n) is 2.75. The highest BCUT2D eigenvalue weighted by atomic mass is 32.1. The number of carbonyl (C=O) groups is 2. The van der Waals surface area contributed by atoms with Crippen LogP contribution in [0.5, 0.6) is 0 Å². The number of nitrogens with one attached hydrogen (secondary N) is 1. The molecule has 1 saturated heterocycles. The molecule has 22 heavy (non-hydrogen) atoms. The summed E-state index contributed by atoms with van der Waals surface area (Å²) < 4.78 is 5.08. The largest absolute Gasteiger partial charge is 0.466 e. The predicted octanol–water partition coefficient (Wildman–Crippen LogP) is 2.20. The van der Waals surface area contributed by atoms with Crippen molar-refractivity contribution in [3.63, 3.8) is 0 Å². The van der Waals surface area contributed by atoms with Crippen LogP contribution in [0.25, 0.3) is 0 Å². The average molecular weight is 324 g/mol. The third kappa shape index (κ3) is 4.81. The fraction of sp³-hybridized carbons (Fsp3) is 0.625. The van der Waals surface area contributed by atoms with Gasteiger partial charge in [0.15, 0.2) is 0 Å². The van der Waals surface area contributed by atoms with Gasteiger partial charge in [0.25, 0.3) is 0 Å². The summed E-state index contributed by atoms with van der Waals surface area (Å²) >= 11 is 1.64. The van der Waals surface area contributed by atoms with Crippen molar-refractivity contribution >= 4 is 23.2 Å². The molecule has 0 aromatic carbocycles. The Hall–Kier alpha value is -1.40. The highest BCUT2D eigenvalue weighted by Gasteiger charge is 2.27. The number of esters is 1. The van der Waals surface area contributed by atoms with Gasteiger partial charge in [-0.05, 0) is 44.7 Å². The Morgan fingerprint density at radius 3 is 3.05 bits per heavy atom. The Labute approximate surface area is 135 Å². The SMILES string of the molecule is CCOC(=O)[C@@H]1CCCN(CC(=O)N[C@@H](C)c2cccs2)C1. The zero-order chi connectivity index (χ0) is 15.9. The molecule has 5 nitrogen and oxygen atoms in total. The van der Waals surface area contributed by atoms with Gasteiger partial charge < -0.3 is 10.1 Å². The number of carbonyl (C=O) groups excluding carboxylic acids is 2. The first-order chi connectivity index (χ1) is 10.6. The van der Waals surface area contributed by atoms with Crippen molar-refractivity contribution < 1.29 is 14.3 Å². The van der Waals surface area contributed by atoms with Gasteiger partial charge in [0, 0.05) is 11.4 Å². The average Bonchev–Trinajstić information content (AvgIpc) is 3.02. The predicted molar refractivity (Wildman–Crippen MR) is 86.7 cm³/mol. The van der Waals surface area contributed by atoms with Crippen molar-refractivity contribution in [3.8, 4) is 0 Å². The Morgan fingerprint density at radius 1 is 1.55 bits per heavy atom. The highest BCUT2D eigenvalue weighted by Crippen LogP contribution is 2.19. The van der Waals surface area contributed by atoms with Crippen LogP contribution < -0.4 is 5.32 Å². The molecule has 0 spiro atoms. The molecule has 1 aliphatic rings. The van der Waals surface area contributed by atoms with Crippen LogP contribution in [0.1, 0.15) is 37.6 Å². The topological polar surface area (TPSA) is 58.6 Å². The lowest BCUT2D eigenvalue weighted by molar-refractivity contribution is -0.150. The van der Waals surface area contributed by atoms with Crippen molar-refractivity contribution in [1.82, 2.24) is 10.2 Å². The standard InChI is InChI=1S/C16H24N2O3S/c1-3-21-16(20)13-6-4-8-18(10-13)11-15(19)17-12(2)14-7-5-9-22-14/h5,7,9,12-13H,3-4,6,8,10-11H2,1-2H3,(H,17,19)/t12-,13+/m0/s1. The van der Waals surface area contributed by atoms with Crippen molar-refractivity contribution in [3.05, 3.63) is 22.4 Å². The number of nitrogens with zero attached hydrogens (tertiary/aromatic N) is 1. The lowest BCUT2D eigenvalue weighted by atomic mass is 9.98. The van der Waals surface area contributed by atoms with Crippen LogP contribution in [0.4, 0.5) is 0 Å². The molecule has 6 heteroatoms. The van der Waals surface area contributed by atoms with Crippen LogP contribution in [-0.4, -0.2) is 43.0 Å². The van der Waals surface area contributed by atoms with Gasteiger partial charge in [-0.25, -0.2) is 0 Å². The molecule has 0 bridgehead atoms. The lowest BCUT2D eigenvalue weighted by Crippen LogP contribution is -2.44. The Kier molecular flexibility index (Phi) is 6.39. The number of hydrogen-bond acceptors (Lipinski definition) is 5. The highest BCUT2D eigenvalue weighted by molar-refractivity contribution is 7.10. The monoisotopic (exact) mass is 324 g/mol. The number of thiophene rings is 1. The maximum Gasteiger partial charge on any atom is 0.310 e. The second-order valence-electron chi connectivity index (χ2n) is 5.63. The summed E-state index contributed by atoms with van der Waals surface area (Å²) in [5.41, 5.74) is 0. The minimum atomic E-state index is -0.139. The first-order valence-electron chi connectivity index (χ1n) is 7.82. The second-order valence-corrected chi connectivity index (χ2v) is 6.61. The summed E-state index contributed by atoms with van der Waals surface area (Å²) in [5.74, 6) is -0.235. The van der Waals surface area contributed by atoms with Crippen molar-refractivity contribution in [1.29, 1.82) is 0 Å². The normalized spacial score (nSPS) is 20.4. The smallest absolute Gasteiger partial charge is 0.310 e. The summed E-state index contributed by atoms with van der Waals surface area (Å²) in [7, 11) is 0. The first kappa shape index (κ1) is 17.0. The maximum atomic E-state index is 12.2. The number of ether oxygens (including phenoxy) is 1. The Bertz CT molecular complexity index is 490. The molecule has 1 aromatic heterocycles. The molecule has 1 N–H and O–H groups in total.